The molecule has 0 aromatic heterocycles. The van der Waals surface area contributed by atoms with Gasteiger partial charge in [0.25, 0.3) is 0 Å². The second-order valence-corrected chi connectivity index (χ2v) is 4.95. The summed E-state index contributed by atoms with van der Waals surface area (Å²) in [5, 5.41) is 20.4. The zero-order valence-electron chi connectivity index (χ0n) is 11.3. The molecule has 1 aromatic rings. The molecule has 0 spiro atoms. The van der Waals surface area contributed by atoms with E-state index in [-0.39, 0.29) is 11.4 Å². The molecule has 1 aromatic carbocycles. The van der Waals surface area contributed by atoms with Crippen LogP contribution in [0.4, 0.5) is 11.4 Å². The number of benzene rings is 1. The molecule has 0 saturated carbocycles. The van der Waals surface area contributed by atoms with Gasteiger partial charge in [-0.05, 0) is 31.9 Å². The van der Waals surface area contributed by atoms with Gasteiger partial charge in [-0.25, -0.2) is 4.79 Å². The number of hydrogen-bond donors (Lipinski definition) is 1. The number of hydrogen-bond acceptors (Lipinski definition) is 5. The molecule has 1 heterocycles. The van der Waals surface area contributed by atoms with E-state index in [0.29, 0.717) is 18.7 Å². The van der Waals surface area contributed by atoms with Crippen LogP contribution < -0.4 is 9.64 Å². The lowest BCUT2D eigenvalue weighted by molar-refractivity contribution is -0.385. The van der Waals surface area contributed by atoms with Crippen molar-refractivity contribution >= 4 is 17.3 Å². The van der Waals surface area contributed by atoms with Gasteiger partial charge in [-0.3, -0.25) is 10.1 Å². The number of nitro benzene ring substituents is 1. The third-order valence-electron chi connectivity index (χ3n) is 3.77. The van der Waals surface area contributed by atoms with Crippen molar-refractivity contribution in [1.29, 1.82) is 0 Å². The Morgan fingerprint density at radius 1 is 1.55 bits per heavy atom. The maximum atomic E-state index is 11.4. The highest BCUT2D eigenvalue weighted by atomic mass is 16.6. The minimum atomic E-state index is -1.03. The lowest BCUT2D eigenvalue weighted by Gasteiger charge is -2.33. The predicted molar refractivity (Wildman–Crippen MR) is 72.3 cm³/mol. The number of ether oxygens (including phenoxy) is 1. The summed E-state index contributed by atoms with van der Waals surface area (Å²) in [6.07, 6.45) is 1.25. The van der Waals surface area contributed by atoms with Gasteiger partial charge in [0, 0.05) is 18.3 Å². The molecule has 1 saturated heterocycles. The van der Waals surface area contributed by atoms with Crippen LogP contribution in [0.1, 0.15) is 19.8 Å². The fourth-order valence-corrected chi connectivity index (χ4v) is 2.59. The highest BCUT2D eigenvalue weighted by Crippen LogP contribution is 2.38. The summed E-state index contributed by atoms with van der Waals surface area (Å²) >= 11 is 0. The molecule has 2 rings (SSSR count). The summed E-state index contributed by atoms with van der Waals surface area (Å²) in [6.45, 7) is 2.20. The number of rotatable bonds is 4. The molecular formula is C13H16N2O5. The van der Waals surface area contributed by atoms with Crippen molar-refractivity contribution in [3.8, 4) is 5.75 Å². The van der Waals surface area contributed by atoms with Crippen LogP contribution in [-0.2, 0) is 4.79 Å². The number of aliphatic carboxylic acids is 1. The summed E-state index contributed by atoms with van der Waals surface area (Å²) in [4.78, 5) is 23.6. The first-order valence-electron chi connectivity index (χ1n) is 6.23. The fraction of sp³-hybridized carbons (Fsp3) is 0.462. The summed E-state index contributed by atoms with van der Waals surface area (Å²) in [6, 6.07) is 4.51. The molecule has 0 radical (unpaired) electrons. The van der Waals surface area contributed by atoms with Crippen molar-refractivity contribution in [2.24, 2.45) is 0 Å². The summed E-state index contributed by atoms with van der Waals surface area (Å²) in [7, 11) is 1.36. The molecule has 1 atom stereocenters. The van der Waals surface area contributed by atoms with Crippen LogP contribution in [0.5, 0.6) is 5.75 Å². The van der Waals surface area contributed by atoms with Crippen molar-refractivity contribution < 1.29 is 19.6 Å². The van der Waals surface area contributed by atoms with E-state index in [1.54, 1.807) is 17.9 Å². The standard InChI is InChI=1S/C13H16N2O5/c1-13(12(16)17)6-3-7-14(13)9-4-5-11(20-2)10(8-9)15(18)19/h4-5,8H,3,6-7H2,1-2H3,(H,16,17)/t13-/m0/s1. The Labute approximate surface area is 115 Å². The van der Waals surface area contributed by atoms with Crippen LogP contribution in [0.3, 0.4) is 0 Å². The first-order chi connectivity index (χ1) is 9.40. The van der Waals surface area contributed by atoms with E-state index in [2.05, 4.69) is 0 Å². The number of nitrogens with zero attached hydrogens (tertiary/aromatic N) is 2. The molecule has 20 heavy (non-hydrogen) atoms. The second-order valence-electron chi connectivity index (χ2n) is 4.95. The maximum Gasteiger partial charge on any atom is 0.329 e. The van der Waals surface area contributed by atoms with Crippen LogP contribution in [0.25, 0.3) is 0 Å². The van der Waals surface area contributed by atoms with Gasteiger partial charge < -0.3 is 14.7 Å². The number of carbonyl (C=O) groups is 1. The number of carboxylic acid groups (broad SMARTS) is 1. The Morgan fingerprint density at radius 2 is 2.25 bits per heavy atom. The fourth-order valence-electron chi connectivity index (χ4n) is 2.59. The van der Waals surface area contributed by atoms with Crippen molar-refractivity contribution in [2.75, 3.05) is 18.6 Å². The lowest BCUT2D eigenvalue weighted by atomic mass is 9.98. The van der Waals surface area contributed by atoms with E-state index < -0.39 is 16.4 Å². The quantitative estimate of drug-likeness (QED) is 0.670. The normalized spacial score (nSPS) is 21.8. The zero-order valence-corrected chi connectivity index (χ0v) is 11.3. The number of anilines is 1. The maximum absolute atomic E-state index is 11.4. The minimum Gasteiger partial charge on any atom is -0.490 e. The number of carboxylic acids is 1. The first kappa shape index (κ1) is 14.1. The van der Waals surface area contributed by atoms with Gasteiger partial charge in [0.15, 0.2) is 5.75 Å². The first-order valence-corrected chi connectivity index (χ1v) is 6.23. The summed E-state index contributed by atoms with van der Waals surface area (Å²) < 4.78 is 4.95. The molecule has 1 aliphatic heterocycles. The Kier molecular flexibility index (Phi) is 3.52. The van der Waals surface area contributed by atoms with Crippen LogP contribution in [0.15, 0.2) is 18.2 Å². The molecule has 0 aliphatic carbocycles. The van der Waals surface area contributed by atoms with Crippen LogP contribution in [-0.4, -0.2) is 35.2 Å². The minimum absolute atomic E-state index is 0.162. The van der Waals surface area contributed by atoms with E-state index in [4.69, 9.17) is 4.74 Å². The SMILES string of the molecule is COc1ccc(N2CCC[C@@]2(C)C(=O)O)cc1[N+](=O)[O-]. The van der Waals surface area contributed by atoms with Crippen molar-refractivity contribution in [3.05, 3.63) is 28.3 Å². The molecule has 7 heteroatoms. The van der Waals surface area contributed by atoms with Gasteiger partial charge in [-0.15, -0.1) is 0 Å². The number of methoxy groups -OCH3 is 1. The molecule has 108 valence electrons. The predicted octanol–water partition coefficient (Wildman–Crippen LogP) is 2.05. The van der Waals surface area contributed by atoms with Gasteiger partial charge in [-0.2, -0.15) is 0 Å². The van der Waals surface area contributed by atoms with E-state index in [1.807, 2.05) is 0 Å². The Balaban J connectivity index is 2.45. The van der Waals surface area contributed by atoms with E-state index in [0.717, 1.165) is 6.42 Å². The van der Waals surface area contributed by atoms with E-state index in [1.165, 1.54) is 19.2 Å². The summed E-state index contributed by atoms with van der Waals surface area (Å²) in [5.41, 5.74) is -0.660. The van der Waals surface area contributed by atoms with Crippen LogP contribution in [0, 0.1) is 10.1 Å². The van der Waals surface area contributed by atoms with Crippen LogP contribution >= 0.6 is 0 Å². The third kappa shape index (κ3) is 2.15. The van der Waals surface area contributed by atoms with Crippen molar-refractivity contribution in [1.82, 2.24) is 0 Å². The van der Waals surface area contributed by atoms with Crippen molar-refractivity contribution in [3.63, 3.8) is 0 Å². The van der Waals surface area contributed by atoms with Gasteiger partial charge in [0.05, 0.1) is 12.0 Å². The molecular weight excluding hydrogens is 264 g/mol. The molecule has 0 bridgehead atoms. The second kappa shape index (κ2) is 4.99. The van der Waals surface area contributed by atoms with E-state index in [9.17, 15) is 20.0 Å². The molecule has 1 fully saturated rings. The molecule has 1 N–H and O–H groups in total. The highest BCUT2D eigenvalue weighted by molar-refractivity contribution is 5.84. The van der Waals surface area contributed by atoms with Gasteiger partial charge in [0.2, 0.25) is 0 Å². The van der Waals surface area contributed by atoms with Gasteiger partial charge >= 0.3 is 11.7 Å². The third-order valence-corrected chi connectivity index (χ3v) is 3.77. The molecule has 7 nitrogen and oxygen atoms in total. The molecule has 0 amide bonds. The number of nitro groups is 1. The lowest BCUT2D eigenvalue weighted by Crippen LogP contribution is -2.48. The van der Waals surface area contributed by atoms with Gasteiger partial charge in [0.1, 0.15) is 5.54 Å². The Bertz CT molecular complexity index is 560. The zero-order chi connectivity index (χ0) is 14.9. The largest absolute Gasteiger partial charge is 0.490 e. The molecule has 1 aliphatic rings. The summed E-state index contributed by atoms with van der Waals surface area (Å²) in [5.74, 6) is -0.761. The van der Waals surface area contributed by atoms with E-state index >= 15 is 0 Å². The monoisotopic (exact) mass is 280 g/mol. The Morgan fingerprint density at radius 3 is 2.80 bits per heavy atom. The average molecular weight is 280 g/mol. The molecule has 0 unspecified atom stereocenters. The topological polar surface area (TPSA) is 92.9 Å². The highest BCUT2D eigenvalue weighted by Gasteiger charge is 2.43. The van der Waals surface area contributed by atoms with Crippen LogP contribution in [0.2, 0.25) is 0 Å². The smallest absolute Gasteiger partial charge is 0.329 e. The Hall–Kier alpha value is -2.31. The van der Waals surface area contributed by atoms with Gasteiger partial charge in [-0.1, -0.05) is 0 Å². The van der Waals surface area contributed by atoms with Crippen molar-refractivity contribution in [2.45, 2.75) is 25.3 Å². The average Bonchev–Trinajstić information content (AvgIpc) is 2.81.